The zero-order valence-electron chi connectivity index (χ0n) is 14.5. The summed E-state index contributed by atoms with van der Waals surface area (Å²) in [5.74, 6) is 0. The molecule has 0 spiro atoms. The van der Waals surface area contributed by atoms with Crippen molar-refractivity contribution in [2.75, 3.05) is 6.61 Å². The van der Waals surface area contributed by atoms with Crippen LogP contribution in [0.1, 0.15) is 11.3 Å². The van der Waals surface area contributed by atoms with Crippen LogP contribution in [0.3, 0.4) is 0 Å². The molecule has 0 atom stereocenters. The molecule has 27 heavy (non-hydrogen) atoms. The summed E-state index contributed by atoms with van der Waals surface area (Å²) >= 11 is 0. The second-order valence-corrected chi connectivity index (χ2v) is 9.14. The highest BCUT2D eigenvalue weighted by Gasteiger charge is 2.17. The minimum Gasteiger partial charge on any atom is -0.266 e. The zero-order valence-corrected chi connectivity index (χ0v) is 16.1. The number of nitrogens with zero attached hydrogens (tertiary/aromatic N) is 1. The number of aromatic nitrogens is 1. The van der Waals surface area contributed by atoms with Crippen LogP contribution in [0.2, 0.25) is 0 Å². The van der Waals surface area contributed by atoms with Crippen molar-refractivity contribution < 1.29 is 21.0 Å². The van der Waals surface area contributed by atoms with Crippen molar-refractivity contribution in [1.29, 1.82) is 0 Å². The SMILES string of the molecule is Cc1ccc(S(=O)(=O)OCCc2nccc3c(S(N)(=O)=O)cccc23)cc1. The first kappa shape index (κ1) is 19.4. The molecule has 0 unspecified atom stereocenters. The van der Waals surface area contributed by atoms with Gasteiger partial charge in [0, 0.05) is 23.4 Å². The van der Waals surface area contributed by atoms with Crippen LogP contribution in [0.4, 0.5) is 0 Å². The average molecular weight is 406 g/mol. The molecule has 1 heterocycles. The minimum absolute atomic E-state index is 0.00292. The zero-order chi connectivity index (χ0) is 19.7. The highest BCUT2D eigenvalue weighted by Crippen LogP contribution is 2.24. The number of sulfonamides is 1. The lowest BCUT2D eigenvalue weighted by Gasteiger charge is -2.09. The molecule has 0 amide bonds. The third-order valence-electron chi connectivity index (χ3n) is 4.04. The standard InChI is InChI=1S/C18H18N2O5S2/c1-13-5-7-14(8-6-13)27(23,24)25-12-10-17-15-3-2-4-18(26(19,21)22)16(15)9-11-20-17/h2-9,11H,10,12H2,1H3,(H2,19,21,22). The normalized spacial score (nSPS) is 12.4. The largest absolute Gasteiger partial charge is 0.296 e. The highest BCUT2D eigenvalue weighted by molar-refractivity contribution is 7.89. The Morgan fingerprint density at radius 1 is 0.963 bits per heavy atom. The first-order chi connectivity index (χ1) is 12.7. The predicted molar refractivity (Wildman–Crippen MR) is 101 cm³/mol. The van der Waals surface area contributed by atoms with Gasteiger partial charge in [0.2, 0.25) is 10.0 Å². The molecule has 1 aromatic heterocycles. The van der Waals surface area contributed by atoms with Gasteiger partial charge in [-0.05, 0) is 31.2 Å². The third-order valence-corrected chi connectivity index (χ3v) is 6.34. The van der Waals surface area contributed by atoms with Crippen LogP contribution in [0.25, 0.3) is 10.8 Å². The van der Waals surface area contributed by atoms with Gasteiger partial charge in [0.25, 0.3) is 10.1 Å². The molecular weight excluding hydrogens is 388 g/mol. The summed E-state index contributed by atoms with van der Waals surface area (Å²) in [5.41, 5.74) is 1.47. The van der Waals surface area contributed by atoms with Gasteiger partial charge in [0.1, 0.15) is 0 Å². The van der Waals surface area contributed by atoms with Gasteiger partial charge in [-0.15, -0.1) is 0 Å². The maximum Gasteiger partial charge on any atom is 0.296 e. The van der Waals surface area contributed by atoms with E-state index in [-0.39, 0.29) is 22.8 Å². The van der Waals surface area contributed by atoms with E-state index >= 15 is 0 Å². The van der Waals surface area contributed by atoms with Crippen LogP contribution in [-0.4, -0.2) is 28.4 Å². The molecule has 2 aromatic carbocycles. The van der Waals surface area contributed by atoms with Crippen molar-refractivity contribution in [2.24, 2.45) is 5.14 Å². The fourth-order valence-electron chi connectivity index (χ4n) is 2.71. The van der Waals surface area contributed by atoms with Crippen molar-refractivity contribution >= 4 is 30.9 Å². The van der Waals surface area contributed by atoms with Crippen molar-refractivity contribution in [3.05, 3.63) is 66.0 Å². The number of hydrogen-bond acceptors (Lipinski definition) is 6. The number of nitrogens with two attached hydrogens (primary N) is 1. The molecule has 3 rings (SSSR count). The van der Waals surface area contributed by atoms with Crippen LogP contribution in [0, 0.1) is 6.92 Å². The van der Waals surface area contributed by atoms with Gasteiger partial charge in [-0.25, -0.2) is 13.6 Å². The molecule has 0 saturated carbocycles. The van der Waals surface area contributed by atoms with E-state index in [0.717, 1.165) is 5.56 Å². The number of pyridine rings is 1. The van der Waals surface area contributed by atoms with Gasteiger partial charge in [0.15, 0.2) is 0 Å². The summed E-state index contributed by atoms with van der Waals surface area (Å²) in [6.45, 7) is 1.74. The van der Waals surface area contributed by atoms with Crippen molar-refractivity contribution in [3.63, 3.8) is 0 Å². The van der Waals surface area contributed by atoms with Crippen molar-refractivity contribution in [1.82, 2.24) is 4.98 Å². The van der Waals surface area contributed by atoms with Crippen LogP contribution >= 0.6 is 0 Å². The molecular formula is C18H18N2O5S2. The summed E-state index contributed by atoms with van der Waals surface area (Å²) in [6.07, 6.45) is 1.65. The van der Waals surface area contributed by atoms with Crippen LogP contribution in [0.5, 0.6) is 0 Å². The predicted octanol–water partition coefficient (Wildman–Crippen LogP) is 2.14. The molecule has 2 N–H and O–H groups in total. The van der Waals surface area contributed by atoms with Gasteiger partial charge < -0.3 is 0 Å². The first-order valence-corrected chi connectivity index (χ1v) is 11.0. The number of aryl methyl sites for hydroxylation is 1. The molecule has 0 bridgehead atoms. The van der Waals surface area contributed by atoms with Crippen molar-refractivity contribution in [3.8, 4) is 0 Å². The molecule has 9 heteroatoms. The fourth-order valence-corrected chi connectivity index (χ4v) is 4.37. The van der Waals surface area contributed by atoms with Crippen molar-refractivity contribution in [2.45, 2.75) is 23.1 Å². The maximum absolute atomic E-state index is 12.2. The molecule has 0 fully saturated rings. The lowest BCUT2D eigenvalue weighted by atomic mass is 10.1. The Bertz CT molecular complexity index is 1190. The van der Waals surface area contributed by atoms with E-state index in [0.29, 0.717) is 16.5 Å². The summed E-state index contributed by atoms with van der Waals surface area (Å²) in [6, 6.07) is 12.6. The quantitative estimate of drug-likeness (QED) is 0.627. The Labute approximate surface area is 158 Å². The Kier molecular flexibility index (Phi) is 5.29. The Balaban J connectivity index is 1.83. The topological polar surface area (TPSA) is 116 Å². The monoisotopic (exact) mass is 406 g/mol. The molecule has 0 aliphatic carbocycles. The first-order valence-electron chi connectivity index (χ1n) is 8.04. The Morgan fingerprint density at radius 3 is 2.33 bits per heavy atom. The lowest BCUT2D eigenvalue weighted by Crippen LogP contribution is -2.13. The number of rotatable bonds is 6. The second kappa shape index (κ2) is 7.35. The molecule has 0 aliphatic rings. The molecule has 0 saturated heterocycles. The maximum atomic E-state index is 12.2. The number of primary sulfonamides is 1. The van der Waals surface area contributed by atoms with E-state index in [1.54, 1.807) is 30.3 Å². The Hall–Kier alpha value is -2.33. The summed E-state index contributed by atoms with van der Waals surface area (Å²) < 4.78 is 53.1. The summed E-state index contributed by atoms with van der Waals surface area (Å²) in [5, 5.41) is 6.27. The smallest absolute Gasteiger partial charge is 0.266 e. The van der Waals surface area contributed by atoms with Gasteiger partial charge in [-0.3, -0.25) is 9.17 Å². The van der Waals surface area contributed by atoms with Gasteiger partial charge >= 0.3 is 0 Å². The van der Waals surface area contributed by atoms with E-state index in [2.05, 4.69) is 4.98 Å². The van der Waals surface area contributed by atoms with E-state index in [1.165, 1.54) is 24.4 Å². The van der Waals surface area contributed by atoms with Crippen LogP contribution < -0.4 is 5.14 Å². The number of hydrogen-bond donors (Lipinski definition) is 1. The minimum atomic E-state index is -3.88. The van der Waals surface area contributed by atoms with E-state index in [9.17, 15) is 16.8 Å². The molecule has 7 nitrogen and oxygen atoms in total. The van der Waals surface area contributed by atoms with Gasteiger partial charge in [-0.1, -0.05) is 29.8 Å². The molecule has 3 aromatic rings. The summed E-state index contributed by atoms with van der Waals surface area (Å²) in [4.78, 5) is 4.30. The number of fused-ring (bicyclic) bond motifs is 1. The average Bonchev–Trinajstić information content (AvgIpc) is 2.61. The van der Waals surface area contributed by atoms with Crippen LogP contribution in [-0.2, 0) is 30.7 Å². The van der Waals surface area contributed by atoms with E-state index in [4.69, 9.17) is 9.32 Å². The summed E-state index contributed by atoms with van der Waals surface area (Å²) in [7, 11) is -7.76. The lowest BCUT2D eigenvalue weighted by molar-refractivity contribution is 0.321. The van der Waals surface area contributed by atoms with Gasteiger partial charge in [0.05, 0.1) is 22.1 Å². The highest BCUT2D eigenvalue weighted by atomic mass is 32.2. The van der Waals surface area contributed by atoms with Gasteiger partial charge in [-0.2, -0.15) is 8.42 Å². The second-order valence-electron chi connectivity index (χ2n) is 5.99. The Morgan fingerprint density at radius 2 is 1.67 bits per heavy atom. The molecule has 0 radical (unpaired) electrons. The van der Waals surface area contributed by atoms with E-state index in [1.807, 2.05) is 6.92 Å². The third kappa shape index (κ3) is 4.33. The number of benzene rings is 2. The molecule has 142 valence electrons. The van der Waals surface area contributed by atoms with E-state index < -0.39 is 20.1 Å². The van der Waals surface area contributed by atoms with Crippen LogP contribution in [0.15, 0.2) is 64.5 Å². The molecule has 0 aliphatic heterocycles. The fraction of sp³-hybridized carbons (Fsp3) is 0.167.